The molecule has 0 aliphatic carbocycles. The molecule has 0 aromatic carbocycles. The van der Waals surface area contributed by atoms with Crippen molar-refractivity contribution in [2.75, 3.05) is 5.75 Å². The van der Waals surface area contributed by atoms with Crippen LogP contribution in [-0.2, 0) is 20.7 Å². The summed E-state index contributed by atoms with van der Waals surface area (Å²) in [6, 6.07) is 0. The van der Waals surface area contributed by atoms with E-state index in [1.807, 2.05) is 0 Å². The molecule has 0 aliphatic rings. The van der Waals surface area contributed by atoms with Crippen molar-refractivity contribution in [3.8, 4) is 0 Å². The molecule has 0 radical (unpaired) electrons. The Hall–Kier alpha value is -0.310. The smallest absolute Gasteiger partial charge is 0.294 e. The molecule has 0 heterocycles. The van der Waals surface area contributed by atoms with Crippen LogP contribution in [0.15, 0.2) is 0 Å². The molecule has 0 aromatic heterocycles. The second-order valence-electron chi connectivity index (χ2n) is 0.964. The number of carbonyl (C=O) groups excluding carboxylic acids is 1. The minimum atomic E-state index is -0.0602. The Labute approximate surface area is 40.0 Å². The normalized spacial score (nSPS) is 7.50. The van der Waals surface area contributed by atoms with Gasteiger partial charge in [-0.1, -0.05) is 0 Å². The first kappa shape index (κ1) is 5.69. The summed E-state index contributed by atoms with van der Waals surface area (Å²) in [5.74, 6) is 0.0370. The third-order valence-corrected chi connectivity index (χ3v) is 0.787. The highest BCUT2D eigenvalue weighted by Gasteiger charge is 2.00. The second-order valence-corrected chi connectivity index (χ2v) is 1.49. The zero-order valence-electron chi connectivity index (χ0n) is 3.43. The van der Waals surface area contributed by atoms with Crippen LogP contribution in [0.1, 0.15) is 6.92 Å². The van der Waals surface area contributed by atoms with E-state index in [1.165, 1.54) is 6.92 Å². The van der Waals surface area contributed by atoms with Gasteiger partial charge < -0.3 is 0 Å². The first-order chi connectivity index (χ1) is 2.77. The topological polar surface area (TPSA) is 34.1 Å². The standard InChI is InChI=1S/C3H5O2S/c1-3(4)2-6-5/h2H2,1H3/q+1. The molecule has 6 heavy (non-hydrogen) atoms. The van der Waals surface area contributed by atoms with Gasteiger partial charge in [0.2, 0.25) is 0 Å². The Balaban J connectivity index is 3.05. The quantitative estimate of drug-likeness (QED) is 0.463. The van der Waals surface area contributed by atoms with Gasteiger partial charge in [-0.2, -0.15) is 0 Å². The lowest BCUT2D eigenvalue weighted by Crippen LogP contribution is -1.93. The van der Waals surface area contributed by atoms with Crippen molar-refractivity contribution in [3.05, 3.63) is 0 Å². The summed E-state index contributed by atoms with van der Waals surface area (Å²) in [6.07, 6.45) is 0. The van der Waals surface area contributed by atoms with Crippen molar-refractivity contribution in [1.29, 1.82) is 0 Å². The summed E-state index contributed by atoms with van der Waals surface area (Å²) in [7, 11) is 0. The summed E-state index contributed by atoms with van der Waals surface area (Å²) in [5, 5.41) is 0. The third kappa shape index (κ3) is 3.69. The zero-order chi connectivity index (χ0) is 4.99. The molecule has 0 atom stereocenters. The van der Waals surface area contributed by atoms with Gasteiger partial charge in [0.1, 0.15) is 0 Å². The summed E-state index contributed by atoms with van der Waals surface area (Å²) < 4.78 is 9.44. The summed E-state index contributed by atoms with van der Waals surface area (Å²) in [5.41, 5.74) is 0. The van der Waals surface area contributed by atoms with Gasteiger partial charge in [0, 0.05) is 11.1 Å². The molecule has 0 fully saturated rings. The third-order valence-electron chi connectivity index (χ3n) is 0.262. The van der Waals surface area contributed by atoms with E-state index in [4.69, 9.17) is 0 Å². The number of carbonyl (C=O) groups is 1. The lowest BCUT2D eigenvalue weighted by molar-refractivity contribution is -0.114. The fourth-order valence-electron chi connectivity index (χ4n) is 0.0830. The Bertz CT molecular complexity index is 69.2. The Morgan fingerprint density at radius 2 is 2.33 bits per heavy atom. The highest BCUT2D eigenvalue weighted by molar-refractivity contribution is 7.66. The molecule has 34 valence electrons. The summed E-state index contributed by atoms with van der Waals surface area (Å²) in [4.78, 5) is 9.82. The molecule has 0 aliphatic heterocycles. The molecule has 0 amide bonds. The van der Waals surface area contributed by atoms with Crippen molar-refractivity contribution in [2.24, 2.45) is 0 Å². The molecule has 0 saturated heterocycles. The maximum absolute atomic E-state index is 9.82. The molecule has 0 unspecified atom stereocenters. The van der Waals surface area contributed by atoms with E-state index >= 15 is 0 Å². The Morgan fingerprint density at radius 3 is 2.33 bits per heavy atom. The van der Waals surface area contributed by atoms with E-state index in [0.717, 1.165) is 0 Å². The van der Waals surface area contributed by atoms with Gasteiger partial charge in [0.15, 0.2) is 5.78 Å². The van der Waals surface area contributed by atoms with Crippen LogP contribution in [0.25, 0.3) is 0 Å². The minimum absolute atomic E-state index is 0.0602. The van der Waals surface area contributed by atoms with Crippen LogP contribution in [0.4, 0.5) is 0 Å². The molecule has 0 rings (SSSR count). The lowest BCUT2D eigenvalue weighted by Gasteiger charge is -1.59. The summed E-state index contributed by atoms with van der Waals surface area (Å²) >= 11 is 0.310. The number of ketones is 1. The highest BCUT2D eigenvalue weighted by Crippen LogP contribution is 1.62. The van der Waals surface area contributed by atoms with Gasteiger partial charge in [0.05, 0.1) is 0 Å². The minimum Gasteiger partial charge on any atom is -0.294 e. The molecule has 0 saturated carbocycles. The van der Waals surface area contributed by atoms with Crippen LogP contribution in [0.3, 0.4) is 0 Å². The first-order valence-corrected chi connectivity index (χ1v) is 2.42. The number of hydrogen-bond acceptors (Lipinski definition) is 2. The van der Waals surface area contributed by atoms with Gasteiger partial charge in [-0.3, -0.25) is 4.79 Å². The lowest BCUT2D eigenvalue weighted by atomic mass is 10.5. The Kier molecular flexibility index (Phi) is 2.75. The van der Waals surface area contributed by atoms with E-state index in [-0.39, 0.29) is 11.5 Å². The van der Waals surface area contributed by atoms with Gasteiger partial charge in [-0.15, -0.1) is 0 Å². The van der Waals surface area contributed by atoms with Crippen LogP contribution in [0, 0.1) is 0 Å². The first-order valence-electron chi connectivity index (χ1n) is 1.51. The van der Waals surface area contributed by atoms with Crippen molar-refractivity contribution >= 4 is 17.4 Å². The monoisotopic (exact) mass is 105 g/mol. The molecular formula is C3H5O2S+. The van der Waals surface area contributed by atoms with Crippen molar-refractivity contribution < 1.29 is 9.00 Å². The van der Waals surface area contributed by atoms with Crippen LogP contribution in [0.2, 0.25) is 0 Å². The average molecular weight is 105 g/mol. The fraction of sp³-hybridized carbons (Fsp3) is 0.667. The fourth-order valence-corrected chi connectivity index (χ4v) is 0.249. The maximum atomic E-state index is 9.82. The van der Waals surface area contributed by atoms with E-state index in [0.29, 0.717) is 11.7 Å². The van der Waals surface area contributed by atoms with Crippen LogP contribution in [0.5, 0.6) is 0 Å². The van der Waals surface area contributed by atoms with Crippen molar-refractivity contribution in [1.82, 2.24) is 0 Å². The summed E-state index contributed by atoms with van der Waals surface area (Å²) in [6.45, 7) is 1.39. The van der Waals surface area contributed by atoms with Crippen LogP contribution >= 0.6 is 0 Å². The van der Waals surface area contributed by atoms with Crippen molar-refractivity contribution in [2.45, 2.75) is 6.92 Å². The number of Topliss-reactive ketones (excluding diaryl/α,β-unsaturated/α-hetero) is 1. The van der Waals surface area contributed by atoms with Crippen LogP contribution in [-0.4, -0.2) is 11.5 Å². The van der Waals surface area contributed by atoms with Crippen LogP contribution < -0.4 is 0 Å². The highest BCUT2D eigenvalue weighted by atomic mass is 32.1. The van der Waals surface area contributed by atoms with Crippen molar-refractivity contribution in [3.63, 3.8) is 0 Å². The van der Waals surface area contributed by atoms with E-state index in [1.54, 1.807) is 0 Å². The SMILES string of the molecule is CC(=O)C[S+]=O. The Morgan fingerprint density at radius 1 is 1.83 bits per heavy atom. The molecule has 0 bridgehead atoms. The predicted octanol–water partition coefficient (Wildman–Crippen LogP) is 0.00350. The van der Waals surface area contributed by atoms with Gasteiger partial charge in [0.25, 0.3) is 5.75 Å². The predicted molar refractivity (Wildman–Crippen MR) is 23.6 cm³/mol. The zero-order valence-corrected chi connectivity index (χ0v) is 4.25. The number of rotatable bonds is 2. The maximum Gasteiger partial charge on any atom is 0.467 e. The molecule has 2 nitrogen and oxygen atoms in total. The van der Waals surface area contributed by atoms with E-state index in [9.17, 15) is 9.00 Å². The molecule has 0 spiro atoms. The van der Waals surface area contributed by atoms with Gasteiger partial charge in [-0.25, -0.2) is 0 Å². The van der Waals surface area contributed by atoms with Gasteiger partial charge >= 0.3 is 11.7 Å². The molecule has 0 aromatic rings. The average Bonchev–Trinajstić information content (AvgIpc) is 1.35. The molecule has 3 heteroatoms. The van der Waals surface area contributed by atoms with Gasteiger partial charge in [-0.05, 0) is 0 Å². The largest absolute Gasteiger partial charge is 0.467 e. The van der Waals surface area contributed by atoms with E-state index < -0.39 is 0 Å². The number of hydrogen-bond donors (Lipinski definition) is 0. The second kappa shape index (κ2) is 2.90. The molecule has 0 N–H and O–H groups in total. The molecular weight excluding hydrogens is 100 g/mol. The van der Waals surface area contributed by atoms with E-state index in [2.05, 4.69) is 0 Å².